The summed E-state index contributed by atoms with van der Waals surface area (Å²) in [5, 5.41) is 2.77. The molecule has 2 fully saturated rings. The number of ether oxygens (including phenoxy) is 1. The van der Waals surface area contributed by atoms with Crippen molar-refractivity contribution in [1.82, 2.24) is 10.2 Å². The first-order valence-corrected chi connectivity index (χ1v) is 8.35. The number of piperidine rings is 1. The molecule has 0 atom stereocenters. The number of nitrogens with zero attached hydrogens (tertiary/aromatic N) is 1. The Bertz CT molecular complexity index is 259. The van der Waals surface area contributed by atoms with Gasteiger partial charge in [0, 0.05) is 19.8 Å². The molecule has 0 aromatic carbocycles. The summed E-state index contributed by atoms with van der Waals surface area (Å²) in [5.74, 6) is 1.73. The lowest BCUT2D eigenvalue weighted by atomic mass is 9.92. The van der Waals surface area contributed by atoms with Crippen LogP contribution in [-0.2, 0) is 9.53 Å². The van der Waals surface area contributed by atoms with Crippen molar-refractivity contribution in [2.45, 2.75) is 44.9 Å². The second-order valence-corrected chi connectivity index (χ2v) is 6.34. The molecule has 2 heterocycles. The van der Waals surface area contributed by atoms with Crippen molar-refractivity contribution in [3.05, 3.63) is 0 Å². The van der Waals surface area contributed by atoms with E-state index in [1.54, 1.807) is 0 Å². The molecule has 2 saturated heterocycles. The number of amides is 1. The van der Waals surface area contributed by atoms with Gasteiger partial charge in [-0.1, -0.05) is 0 Å². The number of likely N-dealkylation sites (tertiary alicyclic amines) is 1. The van der Waals surface area contributed by atoms with Crippen LogP contribution in [0.1, 0.15) is 44.9 Å². The fourth-order valence-corrected chi connectivity index (χ4v) is 3.48. The standard InChI is InChI=1S/C16H30N2O2/c19-14-17-8-3-16-4-10-18(11-5-16)9-1-2-15-6-12-20-13-7-15/h14-16H,1-13H2,(H,17,19). The molecule has 0 bridgehead atoms. The first kappa shape index (κ1) is 15.8. The van der Waals surface area contributed by atoms with E-state index in [9.17, 15) is 4.79 Å². The van der Waals surface area contributed by atoms with Gasteiger partial charge < -0.3 is 15.0 Å². The van der Waals surface area contributed by atoms with Gasteiger partial charge in [-0.3, -0.25) is 4.79 Å². The highest BCUT2D eigenvalue weighted by Crippen LogP contribution is 2.22. The Morgan fingerprint density at radius 1 is 1.05 bits per heavy atom. The van der Waals surface area contributed by atoms with E-state index in [-0.39, 0.29) is 0 Å². The summed E-state index contributed by atoms with van der Waals surface area (Å²) in [6, 6.07) is 0. The molecule has 0 aliphatic carbocycles. The second-order valence-electron chi connectivity index (χ2n) is 6.34. The molecule has 116 valence electrons. The van der Waals surface area contributed by atoms with Gasteiger partial charge in [-0.2, -0.15) is 0 Å². The van der Waals surface area contributed by atoms with Gasteiger partial charge in [-0.15, -0.1) is 0 Å². The average Bonchev–Trinajstić information content (AvgIpc) is 2.50. The lowest BCUT2D eigenvalue weighted by molar-refractivity contribution is -0.109. The first-order valence-electron chi connectivity index (χ1n) is 8.35. The van der Waals surface area contributed by atoms with Crippen molar-refractivity contribution >= 4 is 6.41 Å². The molecular weight excluding hydrogens is 252 g/mol. The van der Waals surface area contributed by atoms with E-state index < -0.39 is 0 Å². The van der Waals surface area contributed by atoms with E-state index in [2.05, 4.69) is 10.2 Å². The highest BCUT2D eigenvalue weighted by Gasteiger charge is 2.19. The molecule has 4 heteroatoms. The average molecular weight is 282 g/mol. The SMILES string of the molecule is O=CNCCC1CCN(CCCC2CCOCC2)CC1. The Labute approximate surface area is 123 Å². The van der Waals surface area contributed by atoms with Crippen LogP contribution < -0.4 is 5.32 Å². The highest BCUT2D eigenvalue weighted by atomic mass is 16.5. The van der Waals surface area contributed by atoms with Crippen LogP contribution in [0.15, 0.2) is 0 Å². The molecule has 0 spiro atoms. The summed E-state index contributed by atoms with van der Waals surface area (Å²) < 4.78 is 5.41. The fourth-order valence-electron chi connectivity index (χ4n) is 3.48. The van der Waals surface area contributed by atoms with Gasteiger partial charge >= 0.3 is 0 Å². The summed E-state index contributed by atoms with van der Waals surface area (Å²) >= 11 is 0. The van der Waals surface area contributed by atoms with Gasteiger partial charge in [0.15, 0.2) is 0 Å². The minimum atomic E-state index is 0.811. The molecule has 0 radical (unpaired) electrons. The van der Waals surface area contributed by atoms with Crippen LogP contribution in [0.25, 0.3) is 0 Å². The molecule has 2 aliphatic heterocycles. The van der Waals surface area contributed by atoms with E-state index in [4.69, 9.17) is 4.74 Å². The summed E-state index contributed by atoms with van der Waals surface area (Å²) in [6.07, 6.45) is 9.84. The molecule has 1 amide bonds. The van der Waals surface area contributed by atoms with Crippen molar-refractivity contribution in [2.24, 2.45) is 11.8 Å². The molecular formula is C16H30N2O2. The second kappa shape index (κ2) is 9.35. The van der Waals surface area contributed by atoms with Crippen LogP contribution in [0, 0.1) is 11.8 Å². The zero-order valence-corrected chi connectivity index (χ0v) is 12.7. The third-order valence-electron chi connectivity index (χ3n) is 4.91. The van der Waals surface area contributed by atoms with Gasteiger partial charge in [0.05, 0.1) is 0 Å². The van der Waals surface area contributed by atoms with Crippen molar-refractivity contribution in [1.29, 1.82) is 0 Å². The molecule has 4 nitrogen and oxygen atoms in total. The number of carbonyl (C=O) groups excluding carboxylic acids is 1. The lowest BCUT2D eigenvalue weighted by Gasteiger charge is -2.32. The van der Waals surface area contributed by atoms with Crippen LogP contribution in [0.5, 0.6) is 0 Å². The van der Waals surface area contributed by atoms with Crippen LogP contribution in [0.2, 0.25) is 0 Å². The lowest BCUT2D eigenvalue weighted by Crippen LogP contribution is -2.35. The number of hydrogen-bond donors (Lipinski definition) is 1. The molecule has 0 aromatic rings. The van der Waals surface area contributed by atoms with E-state index >= 15 is 0 Å². The smallest absolute Gasteiger partial charge is 0.207 e. The molecule has 0 aromatic heterocycles. The van der Waals surface area contributed by atoms with Crippen molar-refractivity contribution in [3.8, 4) is 0 Å². The zero-order chi connectivity index (χ0) is 14.0. The minimum absolute atomic E-state index is 0.811. The summed E-state index contributed by atoms with van der Waals surface area (Å²) in [6.45, 7) is 6.57. The third-order valence-corrected chi connectivity index (χ3v) is 4.91. The maximum Gasteiger partial charge on any atom is 0.207 e. The topological polar surface area (TPSA) is 41.6 Å². The minimum Gasteiger partial charge on any atom is -0.381 e. The third kappa shape index (κ3) is 5.80. The van der Waals surface area contributed by atoms with Crippen LogP contribution in [0.4, 0.5) is 0 Å². The molecule has 1 N–H and O–H groups in total. The Kier molecular flexibility index (Phi) is 7.37. The monoisotopic (exact) mass is 282 g/mol. The van der Waals surface area contributed by atoms with E-state index in [1.165, 1.54) is 58.2 Å². The summed E-state index contributed by atoms with van der Waals surface area (Å²) in [4.78, 5) is 12.8. The van der Waals surface area contributed by atoms with E-state index in [0.29, 0.717) is 0 Å². The van der Waals surface area contributed by atoms with Crippen LogP contribution in [-0.4, -0.2) is 50.7 Å². The van der Waals surface area contributed by atoms with Gasteiger partial charge in [0.1, 0.15) is 0 Å². The predicted octanol–water partition coefficient (Wildman–Crippen LogP) is 2.04. The van der Waals surface area contributed by atoms with Crippen molar-refractivity contribution in [2.75, 3.05) is 39.4 Å². The van der Waals surface area contributed by atoms with Crippen LogP contribution in [0.3, 0.4) is 0 Å². The van der Waals surface area contributed by atoms with Gasteiger partial charge in [0.25, 0.3) is 0 Å². The van der Waals surface area contributed by atoms with Gasteiger partial charge in [0.2, 0.25) is 6.41 Å². The predicted molar refractivity (Wildman–Crippen MR) is 80.6 cm³/mol. The van der Waals surface area contributed by atoms with E-state index in [0.717, 1.165) is 44.4 Å². The van der Waals surface area contributed by atoms with Gasteiger partial charge in [-0.05, 0) is 76.4 Å². The van der Waals surface area contributed by atoms with Crippen molar-refractivity contribution in [3.63, 3.8) is 0 Å². The molecule has 2 rings (SSSR count). The quantitative estimate of drug-likeness (QED) is 0.547. The molecule has 2 aliphatic rings. The fraction of sp³-hybridized carbons (Fsp3) is 0.938. The maximum absolute atomic E-state index is 10.2. The normalized spacial score (nSPS) is 22.8. The molecule has 0 saturated carbocycles. The molecule has 20 heavy (non-hydrogen) atoms. The first-order chi connectivity index (χ1) is 9.88. The number of hydrogen-bond acceptors (Lipinski definition) is 3. The van der Waals surface area contributed by atoms with Gasteiger partial charge in [-0.25, -0.2) is 0 Å². The largest absolute Gasteiger partial charge is 0.381 e. The summed E-state index contributed by atoms with van der Waals surface area (Å²) in [5.41, 5.74) is 0. The Morgan fingerprint density at radius 2 is 1.75 bits per heavy atom. The maximum atomic E-state index is 10.2. The van der Waals surface area contributed by atoms with Crippen LogP contribution >= 0.6 is 0 Å². The Balaban J connectivity index is 1.49. The number of rotatable bonds is 8. The summed E-state index contributed by atoms with van der Waals surface area (Å²) in [7, 11) is 0. The highest BCUT2D eigenvalue weighted by molar-refractivity contribution is 5.45. The Hall–Kier alpha value is -0.610. The number of carbonyl (C=O) groups is 1. The molecule has 0 unspecified atom stereocenters. The zero-order valence-electron chi connectivity index (χ0n) is 12.7. The van der Waals surface area contributed by atoms with E-state index in [1.807, 2.05) is 0 Å². The van der Waals surface area contributed by atoms with Crippen molar-refractivity contribution < 1.29 is 9.53 Å². The number of nitrogens with one attached hydrogen (secondary N) is 1. The Morgan fingerprint density at radius 3 is 2.45 bits per heavy atom.